The number of rotatable bonds is 5. The molecule has 0 fully saturated rings. The summed E-state index contributed by atoms with van der Waals surface area (Å²) in [4.78, 5) is 15.0. The molecule has 0 radical (unpaired) electrons. The van der Waals surface area contributed by atoms with Gasteiger partial charge < -0.3 is 8.98 Å². The summed E-state index contributed by atoms with van der Waals surface area (Å²) in [5.41, 5.74) is 5.95. The van der Waals surface area contributed by atoms with Gasteiger partial charge in [-0.3, -0.25) is 0 Å². The summed E-state index contributed by atoms with van der Waals surface area (Å²) < 4.78 is 77.4. The molecule has 0 unspecified atom stereocenters. The Bertz CT molecular complexity index is 3240. The second-order valence-corrected chi connectivity index (χ2v) is 11.9. The highest BCUT2D eigenvalue weighted by Gasteiger charge is 2.19. The van der Waals surface area contributed by atoms with Gasteiger partial charge in [-0.05, 0) is 47.5 Å². The van der Waals surface area contributed by atoms with Gasteiger partial charge in [0.15, 0.2) is 17.5 Å². The van der Waals surface area contributed by atoms with Crippen LogP contribution < -0.4 is 0 Å². The molecule has 0 N–H and O–H groups in total. The minimum Gasteiger partial charge on any atom is -0.456 e. The summed E-state index contributed by atoms with van der Waals surface area (Å²) in [5, 5.41) is 1.33. The van der Waals surface area contributed by atoms with Crippen LogP contribution in [0.2, 0.25) is 0 Å². The zero-order valence-electron chi connectivity index (χ0n) is 34.2. The highest BCUT2D eigenvalue weighted by molar-refractivity contribution is 6.13. The lowest BCUT2D eigenvalue weighted by molar-refractivity contribution is 0.669. The first-order valence-electron chi connectivity index (χ1n) is 20.0. The third kappa shape index (κ3) is 4.60. The van der Waals surface area contributed by atoms with Gasteiger partial charge in [0.05, 0.1) is 22.0 Å². The quantitative estimate of drug-likeness (QED) is 0.186. The van der Waals surface area contributed by atoms with Crippen molar-refractivity contribution in [1.82, 2.24) is 19.5 Å². The summed E-state index contributed by atoms with van der Waals surface area (Å²) in [5.74, 6) is 1.35. The van der Waals surface area contributed by atoms with Gasteiger partial charge in [-0.15, -0.1) is 0 Å². The number of fused-ring (bicyclic) bond motifs is 6. The lowest BCUT2D eigenvalue weighted by Crippen LogP contribution is -2.00. The molecule has 3 aromatic heterocycles. The molecular formula is C45H28N4O. The van der Waals surface area contributed by atoms with Gasteiger partial charge in [0, 0.05) is 43.9 Å². The van der Waals surface area contributed by atoms with Gasteiger partial charge in [0.2, 0.25) is 0 Å². The standard InChI is InChI=1S/C45H28N4O/c1-3-12-29(13-4-1)30-22-24-32(25-23-30)44-46-43(31-14-5-2-6-15-31)47-45(48-44)36-18-11-21-41-42(36)37-28-33(26-27-40(37)50-41)49-38-19-9-7-16-34(38)35-17-8-10-20-39(35)49/h1-28H/i7D,8D,9D,10D,16D,17D,19D,20D. The van der Waals surface area contributed by atoms with Gasteiger partial charge in [-0.25, -0.2) is 15.0 Å². The minimum absolute atomic E-state index is 0.00814. The van der Waals surface area contributed by atoms with Crippen LogP contribution in [0.4, 0.5) is 0 Å². The molecule has 0 atom stereocenters. The second-order valence-electron chi connectivity index (χ2n) is 11.9. The van der Waals surface area contributed by atoms with Crippen molar-refractivity contribution in [3.8, 4) is 51.0 Å². The van der Waals surface area contributed by atoms with E-state index in [2.05, 4.69) is 12.1 Å². The summed E-state index contributed by atoms with van der Waals surface area (Å²) in [6, 6.07) is 35.2. The number of aromatic nitrogens is 4. The minimum atomic E-state index is -0.497. The molecule has 0 aliphatic heterocycles. The molecule has 0 saturated heterocycles. The number of hydrogen-bond donors (Lipinski definition) is 0. The fourth-order valence-corrected chi connectivity index (χ4v) is 6.60. The number of nitrogens with zero attached hydrogens (tertiary/aromatic N) is 4. The van der Waals surface area contributed by atoms with Crippen LogP contribution in [-0.2, 0) is 0 Å². The van der Waals surface area contributed by atoms with E-state index in [1.165, 1.54) is 4.57 Å². The molecule has 7 aromatic carbocycles. The molecular weight excluding hydrogens is 613 g/mol. The third-order valence-electron chi connectivity index (χ3n) is 8.93. The summed E-state index contributed by atoms with van der Waals surface area (Å²) in [7, 11) is 0. The Balaban J connectivity index is 1.23. The van der Waals surface area contributed by atoms with Crippen LogP contribution >= 0.6 is 0 Å². The molecule has 10 aromatic rings. The Labute approximate surface area is 299 Å². The van der Waals surface area contributed by atoms with E-state index in [-0.39, 0.29) is 33.9 Å². The SMILES string of the molecule is [2H]c1c([2H])c([2H])c2c(c1[2H])c1c([2H])c([2H])c([2H])c([2H])c1n2-c1ccc2oc3cccc(-c4nc(-c5ccccc5)nc(-c5ccc(-c6ccccc6)cc5)n4)c3c2c1. The van der Waals surface area contributed by atoms with Crippen molar-refractivity contribution in [2.24, 2.45) is 0 Å². The normalized spacial score (nSPS) is 13.8. The number of furan rings is 1. The molecule has 0 spiro atoms. The zero-order valence-corrected chi connectivity index (χ0v) is 26.2. The maximum absolute atomic E-state index is 8.98. The van der Waals surface area contributed by atoms with Gasteiger partial charge in [0.25, 0.3) is 0 Å². The van der Waals surface area contributed by atoms with Crippen molar-refractivity contribution in [3.63, 3.8) is 0 Å². The molecule has 5 nitrogen and oxygen atoms in total. The Kier molecular flexibility index (Phi) is 4.83. The van der Waals surface area contributed by atoms with Crippen molar-refractivity contribution in [1.29, 1.82) is 0 Å². The zero-order chi connectivity index (χ0) is 40.0. The predicted molar refractivity (Wildman–Crippen MR) is 203 cm³/mol. The van der Waals surface area contributed by atoms with Crippen molar-refractivity contribution < 1.29 is 15.4 Å². The molecule has 0 amide bonds. The molecule has 3 heterocycles. The fourth-order valence-electron chi connectivity index (χ4n) is 6.60. The third-order valence-corrected chi connectivity index (χ3v) is 8.93. The Morgan fingerprint density at radius 2 is 1.02 bits per heavy atom. The lowest BCUT2D eigenvalue weighted by atomic mass is 10.0. The lowest BCUT2D eigenvalue weighted by Gasteiger charge is -2.10. The molecule has 0 aliphatic carbocycles. The Hall–Kier alpha value is -6.85. The number of para-hydroxylation sites is 2. The smallest absolute Gasteiger partial charge is 0.164 e. The Morgan fingerprint density at radius 1 is 0.460 bits per heavy atom. The maximum atomic E-state index is 8.98. The van der Waals surface area contributed by atoms with Crippen molar-refractivity contribution in [3.05, 3.63) is 170 Å². The number of hydrogen-bond acceptors (Lipinski definition) is 4. The first kappa shape index (κ1) is 21.2. The van der Waals surface area contributed by atoms with E-state index in [1.54, 1.807) is 18.2 Å². The predicted octanol–water partition coefficient (Wildman–Crippen LogP) is 11.5. The molecule has 10 rings (SSSR count). The highest BCUT2D eigenvalue weighted by Crippen LogP contribution is 2.39. The molecule has 5 heteroatoms. The van der Waals surface area contributed by atoms with E-state index in [0.717, 1.165) is 22.3 Å². The summed E-state index contributed by atoms with van der Waals surface area (Å²) in [6.45, 7) is 0. The molecule has 234 valence electrons. The van der Waals surface area contributed by atoms with Crippen LogP contribution in [0.5, 0.6) is 0 Å². The first-order valence-corrected chi connectivity index (χ1v) is 16.0. The van der Waals surface area contributed by atoms with E-state index < -0.39 is 36.3 Å². The molecule has 50 heavy (non-hydrogen) atoms. The van der Waals surface area contributed by atoms with E-state index in [1.807, 2.05) is 91.0 Å². The monoisotopic (exact) mass is 648 g/mol. The van der Waals surface area contributed by atoms with Gasteiger partial charge in [-0.1, -0.05) is 133 Å². The van der Waals surface area contributed by atoms with Gasteiger partial charge >= 0.3 is 0 Å². The largest absolute Gasteiger partial charge is 0.456 e. The second kappa shape index (κ2) is 11.4. The maximum Gasteiger partial charge on any atom is 0.164 e. The van der Waals surface area contributed by atoms with Gasteiger partial charge in [0.1, 0.15) is 11.2 Å². The Morgan fingerprint density at radius 3 is 1.70 bits per heavy atom. The van der Waals surface area contributed by atoms with Crippen LogP contribution in [0.3, 0.4) is 0 Å². The van der Waals surface area contributed by atoms with Crippen molar-refractivity contribution in [2.45, 2.75) is 0 Å². The van der Waals surface area contributed by atoms with Crippen molar-refractivity contribution in [2.75, 3.05) is 0 Å². The van der Waals surface area contributed by atoms with Crippen LogP contribution in [-0.4, -0.2) is 19.5 Å². The topological polar surface area (TPSA) is 56.7 Å². The average Bonchev–Trinajstić information content (AvgIpc) is 3.83. The van der Waals surface area contributed by atoms with Crippen molar-refractivity contribution >= 4 is 43.7 Å². The van der Waals surface area contributed by atoms with E-state index >= 15 is 0 Å². The van der Waals surface area contributed by atoms with Crippen LogP contribution in [0, 0.1) is 0 Å². The fraction of sp³-hybridized carbons (Fsp3) is 0. The van der Waals surface area contributed by atoms with Crippen LogP contribution in [0.15, 0.2) is 174 Å². The molecule has 0 bridgehead atoms. The van der Waals surface area contributed by atoms with E-state index in [0.29, 0.717) is 50.7 Å². The van der Waals surface area contributed by atoms with E-state index in [4.69, 9.17) is 30.3 Å². The number of benzene rings is 7. The van der Waals surface area contributed by atoms with E-state index in [9.17, 15) is 0 Å². The summed E-state index contributed by atoms with van der Waals surface area (Å²) in [6.07, 6.45) is 0. The summed E-state index contributed by atoms with van der Waals surface area (Å²) >= 11 is 0. The highest BCUT2D eigenvalue weighted by atomic mass is 16.3. The van der Waals surface area contributed by atoms with Crippen LogP contribution in [0.25, 0.3) is 94.7 Å². The molecule has 0 aliphatic rings. The average molecular weight is 649 g/mol. The van der Waals surface area contributed by atoms with Gasteiger partial charge in [-0.2, -0.15) is 0 Å². The van der Waals surface area contributed by atoms with Crippen LogP contribution in [0.1, 0.15) is 11.0 Å². The molecule has 0 saturated carbocycles. The first-order chi connectivity index (χ1) is 28.1.